The highest BCUT2D eigenvalue weighted by Crippen LogP contribution is 2.19. The average molecular weight is 171 g/mol. The van der Waals surface area contributed by atoms with E-state index in [-0.39, 0.29) is 5.57 Å². The zero-order valence-electron chi connectivity index (χ0n) is 7.63. The fraction of sp³-hybridized carbons (Fsp3) is 0.300. The first-order valence-corrected chi connectivity index (χ1v) is 3.93. The summed E-state index contributed by atoms with van der Waals surface area (Å²) in [5.41, 5.74) is 2.75. The molecule has 0 N–H and O–H groups in total. The third-order valence-corrected chi connectivity index (χ3v) is 1.74. The van der Waals surface area contributed by atoms with Gasteiger partial charge in [0.1, 0.15) is 17.7 Å². The Morgan fingerprint density at radius 1 is 1.38 bits per heavy atom. The third-order valence-electron chi connectivity index (χ3n) is 1.74. The Hall–Kier alpha value is -1.87. The summed E-state index contributed by atoms with van der Waals surface area (Å²) in [5, 5.41) is 17.3. The lowest BCUT2D eigenvalue weighted by Crippen LogP contribution is -2.01. The van der Waals surface area contributed by atoms with Gasteiger partial charge in [-0.3, -0.25) is 4.99 Å². The van der Waals surface area contributed by atoms with E-state index in [4.69, 9.17) is 10.5 Å². The summed E-state index contributed by atoms with van der Waals surface area (Å²) in [7, 11) is 0. The molecule has 1 aliphatic rings. The van der Waals surface area contributed by atoms with Gasteiger partial charge in [0.15, 0.2) is 0 Å². The van der Waals surface area contributed by atoms with E-state index >= 15 is 0 Å². The molecule has 0 aromatic heterocycles. The van der Waals surface area contributed by atoms with E-state index in [1.165, 1.54) is 0 Å². The number of hydrogen-bond acceptors (Lipinski definition) is 3. The van der Waals surface area contributed by atoms with Crippen molar-refractivity contribution in [2.24, 2.45) is 4.99 Å². The lowest BCUT2D eigenvalue weighted by Gasteiger charge is -2.09. The van der Waals surface area contributed by atoms with Crippen LogP contribution in [0.2, 0.25) is 0 Å². The molecule has 64 valence electrons. The maximum Gasteiger partial charge on any atom is 0.133 e. The van der Waals surface area contributed by atoms with E-state index in [0.717, 1.165) is 17.0 Å². The minimum Gasteiger partial charge on any atom is -0.262 e. The SMILES string of the molecule is CC1=CC(=C(C#N)C#N)CC(C)=N1. The predicted molar refractivity (Wildman–Crippen MR) is 49.7 cm³/mol. The van der Waals surface area contributed by atoms with Crippen LogP contribution in [0.1, 0.15) is 20.3 Å². The van der Waals surface area contributed by atoms with Gasteiger partial charge in [0.05, 0.1) is 0 Å². The normalized spacial score (nSPS) is 15.2. The van der Waals surface area contributed by atoms with E-state index in [2.05, 4.69) is 4.99 Å². The molecule has 0 bridgehead atoms. The van der Waals surface area contributed by atoms with E-state index in [1.54, 1.807) is 6.08 Å². The fourth-order valence-electron chi connectivity index (χ4n) is 1.28. The van der Waals surface area contributed by atoms with Gasteiger partial charge in [-0.2, -0.15) is 10.5 Å². The van der Waals surface area contributed by atoms with Crippen LogP contribution in [0, 0.1) is 22.7 Å². The highest BCUT2D eigenvalue weighted by molar-refractivity contribution is 5.87. The van der Waals surface area contributed by atoms with E-state index in [9.17, 15) is 0 Å². The first-order chi connectivity index (χ1) is 6.17. The molecular weight excluding hydrogens is 162 g/mol. The maximum absolute atomic E-state index is 8.65. The van der Waals surface area contributed by atoms with Crippen LogP contribution in [0.25, 0.3) is 0 Å². The van der Waals surface area contributed by atoms with Crippen LogP contribution in [0.4, 0.5) is 0 Å². The van der Waals surface area contributed by atoms with Crippen LogP contribution < -0.4 is 0 Å². The van der Waals surface area contributed by atoms with E-state index in [1.807, 2.05) is 26.0 Å². The Balaban J connectivity index is 3.15. The Bertz CT molecular complexity index is 381. The van der Waals surface area contributed by atoms with Crippen LogP contribution in [-0.2, 0) is 0 Å². The summed E-state index contributed by atoms with van der Waals surface area (Å²) < 4.78 is 0. The van der Waals surface area contributed by atoms with Gasteiger partial charge < -0.3 is 0 Å². The molecule has 1 rings (SSSR count). The lowest BCUT2D eigenvalue weighted by molar-refractivity contribution is 1.16. The van der Waals surface area contributed by atoms with Crippen molar-refractivity contribution in [1.29, 1.82) is 10.5 Å². The van der Waals surface area contributed by atoms with Crippen molar-refractivity contribution >= 4 is 5.71 Å². The molecule has 1 aliphatic heterocycles. The molecule has 0 fully saturated rings. The largest absolute Gasteiger partial charge is 0.262 e. The zero-order valence-corrected chi connectivity index (χ0v) is 7.63. The summed E-state index contributed by atoms with van der Waals surface area (Å²) in [6.45, 7) is 3.75. The first-order valence-electron chi connectivity index (χ1n) is 3.93. The quantitative estimate of drug-likeness (QED) is 0.524. The Kier molecular flexibility index (Phi) is 2.62. The van der Waals surface area contributed by atoms with Crippen LogP contribution in [0.3, 0.4) is 0 Å². The molecule has 0 saturated carbocycles. The van der Waals surface area contributed by atoms with Gasteiger partial charge in [0.25, 0.3) is 0 Å². The molecule has 0 aromatic carbocycles. The molecule has 0 spiro atoms. The fourth-order valence-corrected chi connectivity index (χ4v) is 1.28. The number of nitrogens with zero attached hydrogens (tertiary/aromatic N) is 3. The van der Waals surface area contributed by atoms with E-state index in [0.29, 0.717) is 6.42 Å². The second kappa shape index (κ2) is 3.69. The van der Waals surface area contributed by atoms with Crippen LogP contribution in [0.5, 0.6) is 0 Å². The summed E-state index contributed by atoms with van der Waals surface area (Å²) in [5.74, 6) is 0. The molecule has 0 radical (unpaired) electrons. The van der Waals surface area contributed by atoms with Gasteiger partial charge in [0.2, 0.25) is 0 Å². The Morgan fingerprint density at radius 3 is 2.46 bits per heavy atom. The Morgan fingerprint density at radius 2 is 2.00 bits per heavy atom. The van der Waals surface area contributed by atoms with Crippen molar-refractivity contribution in [3.05, 3.63) is 22.9 Å². The molecule has 0 aromatic rings. The second-order valence-corrected chi connectivity index (χ2v) is 2.93. The van der Waals surface area contributed by atoms with E-state index < -0.39 is 0 Å². The van der Waals surface area contributed by atoms with Gasteiger partial charge in [-0.1, -0.05) is 0 Å². The number of hydrogen-bond donors (Lipinski definition) is 0. The van der Waals surface area contributed by atoms with Crippen molar-refractivity contribution in [2.45, 2.75) is 20.3 Å². The third kappa shape index (κ3) is 2.04. The monoisotopic (exact) mass is 171 g/mol. The Labute approximate surface area is 77.3 Å². The standard InChI is InChI=1S/C10H9N3/c1-7-3-9(4-8(2)13-7)10(5-11)6-12/h3H,4H2,1-2H3. The predicted octanol–water partition coefficient (Wildman–Crippen LogP) is 2.10. The molecule has 0 atom stereocenters. The van der Waals surface area contributed by atoms with Crippen LogP contribution in [0.15, 0.2) is 27.9 Å². The molecule has 0 saturated heterocycles. The molecule has 3 nitrogen and oxygen atoms in total. The van der Waals surface area contributed by atoms with Gasteiger partial charge in [-0.05, 0) is 25.5 Å². The maximum atomic E-state index is 8.65. The molecule has 0 aliphatic carbocycles. The molecule has 0 unspecified atom stereocenters. The molecule has 13 heavy (non-hydrogen) atoms. The average Bonchev–Trinajstić information content (AvgIpc) is 2.04. The van der Waals surface area contributed by atoms with Crippen molar-refractivity contribution in [2.75, 3.05) is 0 Å². The first kappa shape index (κ1) is 9.22. The number of allylic oxidation sites excluding steroid dienone is 4. The highest BCUT2D eigenvalue weighted by atomic mass is 14.8. The van der Waals surface area contributed by atoms with Crippen molar-refractivity contribution in [3.63, 3.8) is 0 Å². The van der Waals surface area contributed by atoms with Crippen molar-refractivity contribution in [1.82, 2.24) is 0 Å². The highest BCUT2D eigenvalue weighted by Gasteiger charge is 2.09. The van der Waals surface area contributed by atoms with Gasteiger partial charge in [-0.25, -0.2) is 0 Å². The summed E-state index contributed by atoms with van der Waals surface area (Å²) in [4.78, 5) is 4.21. The summed E-state index contributed by atoms with van der Waals surface area (Å²) in [6.07, 6.45) is 2.39. The topological polar surface area (TPSA) is 59.9 Å². The van der Waals surface area contributed by atoms with Crippen molar-refractivity contribution < 1.29 is 0 Å². The minimum atomic E-state index is 0.189. The smallest absolute Gasteiger partial charge is 0.133 e. The van der Waals surface area contributed by atoms with Crippen LogP contribution >= 0.6 is 0 Å². The van der Waals surface area contributed by atoms with Crippen molar-refractivity contribution in [3.8, 4) is 12.1 Å². The second-order valence-electron chi connectivity index (χ2n) is 2.93. The summed E-state index contributed by atoms with van der Waals surface area (Å²) in [6, 6.07) is 3.76. The number of nitriles is 2. The number of aliphatic imine (C=N–C) groups is 1. The molecular formula is C10H9N3. The minimum absolute atomic E-state index is 0.189. The van der Waals surface area contributed by atoms with Crippen LogP contribution in [-0.4, -0.2) is 5.71 Å². The zero-order chi connectivity index (χ0) is 9.84. The molecule has 1 heterocycles. The molecule has 0 amide bonds. The van der Waals surface area contributed by atoms with Gasteiger partial charge >= 0.3 is 0 Å². The summed E-state index contributed by atoms with van der Waals surface area (Å²) >= 11 is 0. The van der Waals surface area contributed by atoms with Gasteiger partial charge in [-0.15, -0.1) is 0 Å². The number of rotatable bonds is 0. The van der Waals surface area contributed by atoms with Gasteiger partial charge in [0, 0.05) is 17.8 Å². The lowest BCUT2D eigenvalue weighted by atomic mass is 10.0. The molecule has 3 heteroatoms.